The Morgan fingerprint density at radius 2 is 1.90 bits per heavy atom. The third-order valence-electron chi connectivity index (χ3n) is 4.25. The summed E-state index contributed by atoms with van der Waals surface area (Å²) in [4.78, 5) is 11.1. The zero-order chi connectivity index (χ0) is 14.4. The van der Waals surface area contributed by atoms with E-state index in [4.69, 9.17) is 0 Å². The van der Waals surface area contributed by atoms with Gasteiger partial charge in [0.25, 0.3) is 0 Å². The first-order valence-corrected chi connectivity index (χ1v) is 7.55. The second-order valence-corrected chi connectivity index (χ2v) is 5.63. The lowest BCUT2D eigenvalue weighted by molar-refractivity contribution is -0.141. The normalized spacial score (nSPS) is 17.7. The highest BCUT2D eigenvalue weighted by Crippen LogP contribution is 2.33. The van der Waals surface area contributed by atoms with Gasteiger partial charge in [-0.2, -0.15) is 0 Å². The van der Waals surface area contributed by atoms with Gasteiger partial charge in [-0.1, -0.05) is 43.5 Å². The van der Waals surface area contributed by atoms with Gasteiger partial charge in [-0.25, -0.2) is 0 Å². The van der Waals surface area contributed by atoms with Crippen molar-refractivity contribution in [3.63, 3.8) is 0 Å². The number of aliphatic hydroxyl groups excluding tert-OH is 1. The number of carbonyl (C=O) groups excluding carboxylic acids is 1. The first-order chi connectivity index (χ1) is 9.70. The predicted molar refractivity (Wildman–Crippen MR) is 78.5 cm³/mol. The fourth-order valence-electron chi connectivity index (χ4n) is 2.95. The van der Waals surface area contributed by atoms with Crippen LogP contribution in [0.15, 0.2) is 24.3 Å². The molecule has 1 fully saturated rings. The van der Waals surface area contributed by atoms with E-state index in [1.807, 2.05) is 12.1 Å². The Morgan fingerprint density at radius 1 is 1.25 bits per heavy atom. The fourth-order valence-corrected chi connectivity index (χ4v) is 2.95. The lowest BCUT2D eigenvalue weighted by Crippen LogP contribution is -2.06. The molecule has 0 bridgehead atoms. The van der Waals surface area contributed by atoms with Gasteiger partial charge in [-0.05, 0) is 36.3 Å². The minimum absolute atomic E-state index is 0.252. The van der Waals surface area contributed by atoms with Crippen molar-refractivity contribution in [3.05, 3.63) is 35.4 Å². The number of benzene rings is 1. The van der Waals surface area contributed by atoms with Gasteiger partial charge in [0.15, 0.2) is 0 Å². The fraction of sp³-hybridized carbons (Fsp3) is 0.588. The van der Waals surface area contributed by atoms with Crippen molar-refractivity contribution < 1.29 is 14.6 Å². The van der Waals surface area contributed by atoms with Crippen LogP contribution in [0.3, 0.4) is 0 Å². The first-order valence-electron chi connectivity index (χ1n) is 7.55. The van der Waals surface area contributed by atoms with Crippen molar-refractivity contribution in [1.82, 2.24) is 0 Å². The molecule has 1 aromatic carbocycles. The van der Waals surface area contributed by atoms with E-state index in [0.29, 0.717) is 12.3 Å². The van der Waals surface area contributed by atoms with Crippen LogP contribution in [0.2, 0.25) is 0 Å². The largest absolute Gasteiger partial charge is 0.469 e. The highest BCUT2D eigenvalue weighted by atomic mass is 16.5. The molecular formula is C17H24O3. The van der Waals surface area contributed by atoms with Crippen molar-refractivity contribution in [1.29, 1.82) is 0 Å². The molecule has 0 spiro atoms. The van der Waals surface area contributed by atoms with Gasteiger partial charge in [0.1, 0.15) is 0 Å². The molecule has 1 aromatic rings. The number of esters is 1. The minimum Gasteiger partial charge on any atom is -0.469 e. The molecule has 0 aliphatic heterocycles. The topological polar surface area (TPSA) is 46.5 Å². The van der Waals surface area contributed by atoms with E-state index < -0.39 is 6.10 Å². The summed E-state index contributed by atoms with van der Waals surface area (Å²) in [6.45, 7) is 0. The maximum atomic E-state index is 11.1. The van der Waals surface area contributed by atoms with E-state index in [1.54, 1.807) is 0 Å². The Labute approximate surface area is 121 Å². The van der Waals surface area contributed by atoms with Crippen LogP contribution in [0.1, 0.15) is 68.1 Å². The molecule has 1 aliphatic carbocycles. The van der Waals surface area contributed by atoms with Crippen LogP contribution in [0, 0.1) is 0 Å². The summed E-state index contributed by atoms with van der Waals surface area (Å²) in [7, 11) is 1.37. The van der Waals surface area contributed by atoms with E-state index in [0.717, 1.165) is 5.56 Å². The zero-order valence-electron chi connectivity index (χ0n) is 12.2. The van der Waals surface area contributed by atoms with Gasteiger partial charge >= 0.3 is 5.97 Å². The van der Waals surface area contributed by atoms with Crippen molar-refractivity contribution in [2.45, 2.75) is 57.0 Å². The average molecular weight is 276 g/mol. The number of rotatable bonds is 5. The Bertz CT molecular complexity index is 418. The number of carbonyl (C=O) groups is 1. The van der Waals surface area contributed by atoms with Gasteiger partial charge in [0.2, 0.25) is 0 Å². The third kappa shape index (κ3) is 4.07. The Balaban J connectivity index is 1.91. The summed E-state index contributed by atoms with van der Waals surface area (Å²) >= 11 is 0. The van der Waals surface area contributed by atoms with Gasteiger partial charge in [-0.15, -0.1) is 0 Å². The molecule has 1 atom stereocenters. The van der Waals surface area contributed by atoms with Crippen LogP contribution in [0.5, 0.6) is 0 Å². The molecule has 1 unspecified atom stereocenters. The van der Waals surface area contributed by atoms with Crippen LogP contribution >= 0.6 is 0 Å². The standard InChI is InChI=1S/C17H24O3/c1-20-17(19)12-11-16(18)15-9-7-14(8-10-15)13-5-3-2-4-6-13/h7-10,13,16,18H,2-6,11-12H2,1H3. The molecule has 2 rings (SSSR count). The Hall–Kier alpha value is -1.35. The maximum Gasteiger partial charge on any atom is 0.305 e. The van der Waals surface area contributed by atoms with Gasteiger partial charge in [0.05, 0.1) is 13.2 Å². The lowest BCUT2D eigenvalue weighted by Gasteiger charge is -2.22. The van der Waals surface area contributed by atoms with E-state index in [1.165, 1.54) is 44.8 Å². The van der Waals surface area contributed by atoms with Crippen molar-refractivity contribution in [3.8, 4) is 0 Å². The second kappa shape index (κ2) is 7.44. The summed E-state index contributed by atoms with van der Waals surface area (Å²) in [6, 6.07) is 8.25. The van der Waals surface area contributed by atoms with Crippen molar-refractivity contribution in [2.75, 3.05) is 7.11 Å². The molecule has 0 aromatic heterocycles. The molecule has 3 heteroatoms. The molecule has 1 aliphatic rings. The summed E-state index contributed by atoms with van der Waals surface area (Å²) in [5.74, 6) is 0.410. The summed E-state index contributed by atoms with van der Waals surface area (Å²) in [5.41, 5.74) is 2.27. The monoisotopic (exact) mass is 276 g/mol. The van der Waals surface area contributed by atoms with Crippen LogP contribution in [0.4, 0.5) is 0 Å². The summed E-state index contributed by atoms with van der Waals surface area (Å²) < 4.78 is 4.58. The molecule has 0 saturated heterocycles. The van der Waals surface area contributed by atoms with E-state index in [2.05, 4.69) is 16.9 Å². The number of hydrogen-bond acceptors (Lipinski definition) is 3. The number of aliphatic hydroxyl groups is 1. The van der Waals surface area contributed by atoms with Gasteiger partial charge in [-0.3, -0.25) is 4.79 Å². The molecule has 0 heterocycles. The molecule has 110 valence electrons. The second-order valence-electron chi connectivity index (χ2n) is 5.63. The first kappa shape index (κ1) is 15.0. The SMILES string of the molecule is COC(=O)CCC(O)c1ccc(C2CCCCC2)cc1. The van der Waals surface area contributed by atoms with Crippen LogP contribution in [-0.2, 0) is 9.53 Å². The van der Waals surface area contributed by atoms with Gasteiger partial charge in [0, 0.05) is 6.42 Å². The predicted octanol–water partition coefficient (Wildman–Crippen LogP) is 3.72. The van der Waals surface area contributed by atoms with E-state index >= 15 is 0 Å². The molecule has 0 amide bonds. The summed E-state index contributed by atoms with van der Waals surface area (Å²) in [5, 5.41) is 10.1. The molecule has 1 N–H and O–H groups in total. The van der Waals surface area contributed by atoms with Gasteiger partial charge < -0.3 is 9.84 Å². The molecular weight excluding hydrogens is 252 g/mol. The molecule has 20 heavy (non-hydrogen) atoms. The van der Waals surface area contributed by atoms with Crippen molar-refractivity contribution in [2.24, 2.45) is 0 Å². The minimum atomic E-state index is -0.588. The number of ether oxygens (including phenoxy) is 1. The van der Waals surface area contributed by atoms with Crippen LogP contribution in [0.25, 0.3) is 0 Å². The van der Waals surface area contributed by atoms with Crippen LogP contribution < -0.4 is 0 Å². The quantitative estimate of drug-likeness (QED) is 0.834. The van der Waals surface area contributed by atoms with Crippen molar-refractivity contribution >= 4 is 5.97 Å². The lowest BCUT2D eigenvalue weighted by atomic mass is 9.83. The average Bonchev–Trinajstić information content (AvgIpc) is 2.53. The highest BCUT2D eigenvalue weighted by Gasteiger charge is 2.16. The Morgan fingerprint density at radius 3 is 2.50 bits per heavy atom. The van der Waals surface area contributed by atoms with Crippen LogP contribution in [-0.4, -0.2) is 18.2 Å². The Kier molecular flexibility index (Phi) is 5.60. The third-order valence-corrected chi connectivity index (χ3v) is 4.25. The molecule has 3 nitrogen and oxygen atoms in total. The summed E-state index contributed by atoms with van der Waals surface area (Å²) in [6.07, 6.45) is 6.66. The smallest absolute Gasteiger partial charge is 0.305 e. The highest BCUT2D eigenvalue weighted by molar-refractivity contribution is 5.69. The number of methoxy groups -OCH3 is 1. The number of hydrogen-bond donors (Lipinski definition) is 1. The van der Waals surface area contributed by atoms with E-state index in [-0.39, 0.29) is 12.4 Å². The zero-order valence-corrected chi connectivity index (χ0v) is 12.2. The molecule has 0 radical (unpaired) electrons. The van der Waals surface area contributed by atoms with E-state index in [9.17, 15) is 9.90 Å². The molecule has 1 saturated carbocycles. The maximum absolute atomic E-state index is 11.1.